The standard InChI is InChI=1S/C17H17NO2/c1-2-20-17-11-7-6-10-15(17)18-13-12-16(19)14-8-4-3-5-9-14/h3-13,18H,2H2,1H3/b13-12+. The van der Waals surface area contributed by atoms with Crippen molar-refractivity contribution in [3.8, 4) is 5.75 Å². The third-order valence-electron chi connectivity index (χ3n) is 2.72. The van der Waals surface area contributed by atoms with Crippen molar-refractivity contribution >= 4 is 11.5 Å². The van der Waals surface area contributed by atoms with Crippen LogP contribution in [0.25, 0.3) is 0 Å². The highest BCUT2D eigenvalue weighted by molar-refractivity contribution is 6.04. The molecule has 0 amide bonds. The fraction of sp³-hybridized carbons (Fsp3) is 0.118. The molecule has 1 N–H and O–H groups in total. The molecule has 0 saturated heterocycles. The van der Waals surface area contributed by atoms with E-state index in [9.17, 15) is 4.79 Å². The smallest absolute Gasteiger partial charge is 0.187 e. The average molecular weight is 267 g/mol. The highest BCUT2D eigenvalue weighted by atomic mass is 16.5. The van der Waals surface area contributed by atoms with Crippen LogP contribution in [-0.2, 0) is 0 Å². The molecule has 2 aromatic carbocycles. The van der Waals surface area contributed by atoms with Crippen molar-refractivity contribution in [3.05, 3.63) is 72.4 Å². The third kappa shape index (κ3) is 3.72. The average Bonchev–Trinajstić information content (AvgIpc) is 2.50. The molecule has 3 nitrogen and oxygen atoms in total. The van der Waals surface area contributed by atoms with Crippen LogP contribution in [0.1, 0.15) is 17.3 Å². The van der Waals surface area contributed by atoms with Crippen LogP contribution in [0.15, 0.2) is 66.9 Å². The maximum atomic E-state index is 11.9. The number of ether oxygens (including phenoxy) is 1. The third-order valence-corrected chi connectivity index (χ3v) is 2.72. The van der Waals surface area contributed by atoms with Crippen LogP contribution in [0.2, 0.25) is 0 Å². The topological polar surface area (TPSA) is 38.3 Å². The molecule has 0 bridgehead atoms. The molecule has 20 heavy (non-hydrogen) atoms. The fourth-order valence-corrected chi connectivity index (χ4v) is 1.77. The molecule has 0 saturated carbocycles. The molecule has 0 aliphatic rings. The Morgan fingerprint density at radius 3 is 2.55 bits per heavy atom. The Bertz CT molecular complexity index is 591. The highest BCUT2D eigenvalue weighted by Gasteiger charge is 2.01. The number of ketones is 1. The van der Waals surface area contributed by atoms with Gasteiger partial charge in [-0.25, -0.2) is 0 Å². The number of anilines is 1. The second-order valence-corrected chi connectivity index (χ2v) is 4.14. The Morgan fingerprint density at radius 2 is 1.80 bits per heavy atom. The van der Waals surface area contributed by atoms with Gasteiger partial charge in [0.2, 0.25) is 0 Å². The van der Waals surface area contributed by atoms with Crippen LogP contribution in [0.4, 0.5) is 5.69 Å². The number of rotatable bonds is 6. The van der Waals surface area contributed by atoms with E-state index in [-0.39, 0.29) is 5.78 Å². The van der Waals surface area contributed by atoms with E-state index in [1.165, 1.54) is 6.08 Å². The number of nitrogens with one attached hydrogen (secondary N) is 1. The molecule has 2 aromatic rings. The maximum absolute atomic E-state index is 11.9. The summed E-state index contributed by atoms with van der Waals surface area (Å²) >= 11 is 0. The Morgan fingerprint density at radius 1 is 1.10 bits per heavy atom. The highest BCUT2D eigenvalue weighted by Crippen LogP contribution is 2.23. The van der Waals surface area contributed by atoms with Crippen LogP contribution in [-0.4, -0.2) is 12.4 Å². The van der Waals surface area contributed by atoms with Crippen molar-refractivity contribution in [2.75, 3.05) is 11.9 Å². The summed E-state index contributed by atoms with van der Waals surface area (Å²) in [4.78, 5) is 11.9. The first-order valence-corrected chi connectivity index (χ1v) is 6.55. The van der Waals surface area contributed by atoms with E-state index in [4.69, 9.17) is 4.74 Å². The summed E-state index contributed by atoms with van der Waals surface area (Å²) in [6.07, 6.45) is 3.14. The van der Waals surface area contributed by atoms with Gasteiger partial charge >= 0.3 is 0 Å². The lowest BCUT2D eigenvalue weighted by Gasteiger charge is -2.09. The van der Waals surface area contributed by atoms with Crippen LogP contribution in [0.5, 0.6) is 5.75 Å². The second kappa shape index (κ2) is 7.14. The molecule has 0 fully saturated rings. The minimum Gasteiger partial charge on any atom is -0.492 e. The van der Waals surface area contributed by atoms with Crippen molar-refractivity contribution < 1.29 is 9.53 Å². The van der Waals surface area contributed by atoms with E-state index in [1.54, 1.807) is 18.3 Å². The first kappa shape index (κ1) is 13.9. The lowest BCUT2D eigenvalue weighted by Crippen LogP contribution is -1.98. The Kier molecular flexibility index (Phi) is 4.95. The molecular formula is C17H17NO2. The summed E-state index contributed by atoms with van der Waals surface area (Å²) < 4.78 is 5.50. The van der Waals surface area contributed by atoms with Crippen LogP contribution < -0.4 is 10.1 Å². The van der Waals surface area contributed by atoms with Crippen molar-refractivity contribution in [1.82, 2.24) is 0 Å². The van der Waals surface area contributed by atoms with Gasteiger partial charge in [0.15, 0.2) is 5.78 Å². The first-order valence-electron chi connectivity index (χ1n) is 6.55. The van der Waals surface area contributed by atoms with Gasteiger partial charge in [-0.2, -0.15) is 0 Å². The van der Waals surface area contributed by atoms with E-state index < -0.39 is 0 Å². The zero-order chi connectivity index (χ0) is 14.2. The zero-order valence-corrected chi connectivity index (χ0v) is 11.4. The quantitative estimate of drug-likeness (QED) is 0.637. The van der Waals surface area contributed by atoms with Crippen molar-refractivity contribution in [2.45, 2.75) is 6.92 Å². The predicted octanol–water partition coefficient (Wildman–Crippen LogP) is 3.89. The number of carbonyl (C=O) groups is 1. The lowest BCUT2D eigenvalue weighted by atomic mass is 10.1. The Balaban J connectivity index is 2.02. The molecule has 0 radical (unpaired) electrons. The van der Waals surface area contributed by atoms with Crippen molar-refractivity contribution in [3.63, 3.8) is 0 Å². The van der Waals surface area contributed by atoms with E-state index in [0.29, 0.717) is 12.2 Å². The first-order chi connectivity index (χ1) is 9.81. The molecule has 2 rings (SSSR count). The van der Waals surface area contributed by atoms with Gasteiger partial charge in [0, 0.05) is 17.8 Å². The molecule has 0 aliphatic heterocycles. The Hall–Kier alpha value is -2.55. The SMILES string of the molecule is CCOc1ccccc1N/C=C/C(=O)c1ccccc1. The molecule has 3 heteroatoms. The minimum atomic E-state index is -0.0352. The van der Waals surface area contributed by atoms with Gasteiger partial charge in [-0.1, -0.05) is 42.5 Å². The molecule has 0 atom stereocenters. The van der Waals surface area contributed by atoms with Gasteiger partial charge in [0.1, 0.15) is 5.75 Å². The molecule has 0 aliphatic carbocycles. The van der Waals surface area contributed by atoms with Crippen molar-refractivity contribution in [2.24, 2.45) is 0 Å². The zero-order valence-electron chi connectivity index (χ0n) is 11.4. The number of hydrogen-bond acceptors (Lipinski definition) is 3. The monoisotopic (exact) mass is 267 g/mol. The molecule has 102 valence electrons. The van der Waals surface area contributed by atoms with Crippen LogP contribution in [0, 0.1) is 0 Å². The number of allylic oxidation sites excluding steroid dienone is 1. The van der Waals surface area contributed by atoms with E-state index in [0.717, 1.165) is 11.4 Å². The number of benzene rings is 2. The summed E-state index contributed by atoms with van der Waals surface area (Å²) in [6, 6.07) is 16.8. The van der Waals surface area contributed by atoms with Gasteiger partial charge in [-0.3, -0.25) is 4.79 Å². The summed E-state index contributed by atoms with van der Waals surface area (Å²) in [5.74, 6) is 0.735. The summed E-state index contributed by atoms with van der Waals surface area (Å²) in [5.41, 5.74) is 1.51. The normalized spacial score (nSPS) is 10.4. The number of para-hydroxylation sites is 2. The second-order valence-electron chi connectivity index (χ2n) is 4.14. The van der Waals surface area contributed by atoms with E-state index in [1.807, 2.05) is 49.4 Å². The number of hydrogen-bond donors (Lipinski definition) is 1. The van der Waals surface area contributed by atoms with Gasteiger partial charge < -0.3 is 10.1 Å². The van der Waals surface area contributed by atoms with Crippen LogP contribution >= 0.6 is 0 Å². The van der Waals surface area contributed by atoms with Gasteiger partial charge in [-0.15, -0.1) is 0 Å². The van der Waals surface area contributed by atoms with Gasteiger partial charge in [0.05, 0.1) is 12.3 Å². The summed E-state index contributed by atoms with van der Waals surface area (Å²) in [6.45, 7) is 2.54. The lowest BCUT2D eigenvalue weighted by molar-refractivity contribution is 0.104. The van der Waals surface area contributed by atoms with Crippen LogP contribution in [0.3, 0.4) is 0 Å². The molecule has 0 spiro atoms. The summed E-state index contributed by atoms with van der Waals surface area (Å²) in [5, 5.41) is 3.07. The van der Waals surface area contributed by atoms with E-state index in [2.05, 4.69) is 5.32 Å². The fourth-order valence-electron chi connectivity index (χ4n) is 1.77. The number of carbonyl (C=O) groups excluding carboxylic acids is 1. The van der Waals surface area contributed by atoms with Gasteiger partial charge in [-0.05, 0) is 19.1 Å². The van der Waals surface area contributed by atoms with Crippen molar-refractivity contribution in [1.29, 1.82) is 0 Å². The maximum Gasteiger partial charge on any atom is 0.187 e. The predicted molar refractivity (Wildman–Crippen MR) is 81.1 cm³/mol. The minimum absolute atomic E-state index is 0.0352. The largest absolute Gasteiger partial charge is 0.492 e. The molecule has 0 heterocycles. The van der Waals surface area contributed by atoms with E-state index >= 15 is 0 Å². The molecule has 0 aromatic heterocycles. The Labute approximate surface area is 118 Å². The molecule has 0 unspecified atom stereocenters. The molecular weight excluding hydrogens is 250 g/mol. The summed E-state index contributed by atoms with van der Waals surface area (Å²) in [7, 11) is 0. The van der Waals surface area contributed by atoms with Gasteiger partial charge in [0.25, 0.3) is 0 Å².